The highest BCUT2D eigenvalue weighted by atomic mass is 16.5. The van der Waals surface area contributed by atoms with Gasteiger partial charge in [-0.25, -0.2) is 0 Å². The maximum absolute atomic E-state index is 5.98. The third-order valence-electron chi connectivity index (χ3n) is 3.77. The summed E-state index contributed by atoms with van der Waals surface area (Å²) < 4.78 is 5.88. The van der Waals surface area contributed by atoms with Crippen molar-refractivity contribution in [1.29, 1.82) is 0 Å². The van der Waals surface area contributed by atoms with Crippen molar-refractivity contribution in [3.63, 3.8) is 0 Å². The molecule has 1 rings (SSSR count). The van der Waals surface area contributed by atoms with E-state index >= 15 is 0 Å². The Morgan fingerprint density at radius 1 is 1.44 bits per heavy atom. The molecule has 0 aromatic heterocycles. The van der Waals surface area contributed by atoms with Crippen LogP contribution in [0.5, 0.6) is 0 Å². The first-order valence-corrected chi connectivity index (χ1v) is 6.54. The van der Waals surface area contributed by atoms with Crippen molar-refractivity contribution >= 4 is 0 Å². The van der Waals surface area contributed by atoms with Gasteiger partial charge in [0.25, 0.3) is 0 Å². The monoisotopic (exact) mass is 228 g/mol. The first kappa shape index (κ1) is 13.9. The Hall–Kier alpha value is -0.120. The molecule has 0 aromatic carbocycles. The van der Waals surface area contributed by atoms with Crippen LogP contribution >= 0.6 is 0 Å². The average Bonchev–Trinajstić information content (AvgIpc) is 2.27. The number of nitrogens with one attached hydrogen (secondary N) is 1. The second kappa shape index (κ2) is 5.48. The van der Waals surface area contributed by atoms with Crippen molar-refractivity contribution in [1.82, 2.24) is 5.32 Å². The fourth-order valence-electron chi connectivity index (χ4n) is 2.39. The normalized spacial score (nSPS) is 35.6. The maximum atomic E-state index is 5.98. The summed E-state index contributed by atoms with van der Waals surface area (Å²) in [7, 11) is 0. The van der Waals surface area contributed by atoms with Gasteiger partial charge in [0.15, 0.2) is 0 Å². The molecule has 0 aromatic rings. The zero-order valence-corrected chi connectivity index (χ0v) is 11.3. The summed E-state index contributed by atoms with van der Waals surface area (Å²) in [4.78, 5) is 0. The first-order valence-electron chi connectivity index (χ1n) is 6.54. The second-order valence-electron chi connectivity index (χ2n) is 5.84. The minimum Gasteiger partial charge on any atom is -0.375 e. The van der Waals surface area contributed by atoms with Crippen molar-refractivity contribution < 1.29 is 4.74 Å². The van der Waals surface area contributed by atoms with E-state index in [1.54, 1.807) is 0 Å². The number of nitrogens with two attached hydrogens (primary N) is 1. The Morgan fingerprint density at radius 2 is 2.12 bits per heavy atom. The summed E-state index contributed by atoms with van der Waals surface area (Å²) in [6, 6.07) is 0. The van der Waals surface area contributed by atoms with E-state index in [1.165, 1.54) is 0 Å². The molecule has 0 aliphatic carbocycles. The van der Waals surface area contributed by atoms with Crippen molar-refractivity contribution in [2.45, 2.75) is 58.1 Å². The molecule has 1 heterocycles. The Labute approximate surface area is 100 Å². The van der Waals surface area contributed by atoms with E-state index in [2.05, 4.69) is 33.0 Å². The fraction of sp³-hybridized carbons (Fsp3) is 1.00. The molecule has 1 aliphatic rings. The largest absolute Gasteiger partial charge is 0.375 e. The van der Waals surface area contributed by atoms with Crippen molar-refractivity contribution in [3.8, 4) is 0 Å². The van der Waals surface area contributed by atoms with Gasteiger partial charge in [0.2, 0.25) is 0 Å². The summed E-state index contributed by atoms with van der Waals surface area (Å²) in [5.74, 6) is 0.666. The van der Waals surface area contributed by atoms with Gasteiger partial charge >= 0.3 is 0 Å². The van der Waals surface area contributed by atoms with E-state index in [9.17, 15) is 0 Å². The van der Waals surface area contributed by atoms with Crippen LogP contribution in [-0.4, -0.2) is 30.8 Å². The molecule has 0 saturated carbocycles. The van der Waals surface area contributed by atoms with Crippen molar-refractivity contribution in [2.24, 2.45) is 11.7 Å². The smallest absolute Gasteiger partial charge is 0.0670 e. The van der Waals surface area contributed by atoms with Crippen LogP contribution in [0.4, 0.5) is 0 Å². The van der Waals surface area contributed by atoms with Crippen LogP contribution in [0.2, 0.25) is 0 Å². The van der Waals surface area contributed by atoms with Crippen molar-refractivity contribution in [3.05, 3.63) is 0 Å². The number of ether oxygens (including phenoxy) is 1. The molecule has 96 valence electrons. The van der Waals surface area contributed by atoms with E-state index < -0.39 is 0 Å². The van der Waals surface area contributed by atoms with Crippen LogP contribution in [0.15, 0.2) is 0 Å². The van der Waals surface area contributed by atoms with Gasteiger partial charge in [-0.2, -0.15) is 0 Å². The van der Waals surface area contributed by atoms with E-state index in [0.29, 0.717) is 12.5 Å². The highest BCUT2D eigenvalue weighted by Crippen LogP contribution is 2.34. The Balaban J connectivity index is 2.64. The molecule has 0 bridgehead atoms. The summed E-state index contributed by atoms with van der Waals surface area (Å²) in [6.45, 7) is 11.4. The van der Waals surface area contributed by atoms with Crippen LogP contribution in [0.1, 0.15) is 47.0 Å². The summed E-state index contributed by atoms with van der Waals surface area (Å²) in [6.07, 6.45) is 3.11. The molecule has 1 aliphatic heterocycles. The number of hydrogen-bond donors (Lipinski definition) is 2. The second-order valence-corrected chi connectivity index (χ2v) is 5.84. The summed E-state index contributed by atoms with van der Waals surface area (Å²) in [5.41, 5.74) is 6.07. The fourth-order valence-corrected chi connectivity index (χ4v) is 2.39. The molecule has 1 fully saturated rings. The van der Waals surface area contributed by atoms with Crippen LogP contribution in [0.25, 0.3) is 0 Å². The molecule has 0 spiro atoms. The molecule has 3 heteroatoms. The molecule has 2 atom stereocenters. The maximum Gasteiger partial charge on any atom is 0.0670 e. The predicted molar refractivity (Wildman–Crippen MR) is 68.5 cm³/mol. The molecule has 3 N–H and O–H groups in total. The van der Waals surface area contributed by atoms with Crippen LogP contribution in [0.3, 0.4) is 0 Å². The Bertz CT molecular complexity index is 220. The highest BCUT2D eigenvalue weighted by Gasteiger charge is 2.41. The lowest BCUT2D eigenvalue weighted by Gasteiger charge is -2.46. The molecule has 2 unspecified atom stereocenters. The Kier molecular flexibility index (Phi) is 4.77. The van der Waals surface area contributed by atoms with Gasteiger partial charge in [-0.3, -0.25) is 0 Å². The zero-order valence-electron chi connectivity index (χ0n) is 11.3. The van der Waals surface area contributed by atoms with E-state index in [0.717, 1.165) is 32.4 Å². The standard InChI is InChI=1S/C13H28N2O/c1-5-12(4)9-13(10-14,6-7-16-12)15-8-11(2)3/h11,15H,5-10,14H2,1-4H3. The Morgan fingerprint density at radius 3 is 2.62 bits per heavy atom. The van der Waals surface area contributed by atoms with Gasteiger partial charge < -0.3 is 15.8 Å². The zero-order chi connectivity index (χ0) is 12.2. The SMILES string of the molecule is CCC1(C)CC(CN)(NCC(C)C)CCO1. The van der Waals surface area contributed by atoms with Crippen LogP contribution in [0, 0.1) is 5.92 Å². The molecular weight excluding hydrogens is 200 g/mol. The van der Waals surface area contributed by atoms with Crippen LogP contribution in [-0.2, 0) is 4.74 Å². The van der Waals surface area contributed by atoms with Gasteiger partial charge in [-0.15, -0.1) is 0 Å². The van der Waals surface area contributed by atoms with Gasteiger partial charge in [-0.1, -0.05) is 20.8 Å². The third kappa shape index (κ3) is 3.44. The molecule has 0 amide bonds. The minimum atomic E-state index is 0.00159. The van der Waals surface area contributed by atoms with E-state index in [-0.39, 0.29) is 11.1 Å². The lowest BCUT2D eigenvalue weighted by atomic mass is 9.79. The quantitative estimate of drug-likeness (QED) is 0.755. The lowest BCUT2D eigenvalue weighted by Crippen LogP contribution is -2.60. The van der Waals surface area contributed by atoms with Crippen molar-refractivity contribution in [2.75, 3.05) is 19.7 Å². The van der Waals surface area contributed by atoms with Gasteiger partial charge in [0, 0.05) is 18.7 Å². The van der Waals surface area contributed by atoms with Crippen LogP contribution < -0.4 is 11.1 Å². The molecule has 1 saturated heterocycles. The highest BCUT2D eigenvalue weighted by molar-refractivity contribution is 4.98. The summed E-state index contributed by atoms with van der Waals surface area (Å²) in [5, 5.41) is 3.67. The van der Waals surface area contributed by atoms with Gasteiger partial charge in [0.1, 0.15) is 0 Å². The van der Waals surface area contributed by atoms with E-state index in [1.807, 2.05) is 0 Å². The molecular formula is C13H28N2O. The third-order valence-corrected chi connectivity index (χ3v) is 3.77. The summed E-state index contributed by atoms with van der Waals surface area (Å²) >= 11 is 0. The lowest BCUT2D eigenvalue weighted by molar-refractivity contribution is -0.0997. The number of hydrogen-bond acceptors (Lipinski definition) is 3. The van der Waals surface area contributed by atoms with E-state index in [4.69, 9.17) is 10.5 Å². The molecule has 16 heavy (non-hydrogen) atoms. The van der Waals surface area contributed by atoms with Gasteiger partial charge in [0.05, 0.1) is 5.60 Å². The minimum absolute atomic E-state index is 0.00159. The first-order chi connectivity index (χ1) is 7.45. The molecule has 0 radical (unpaired) electrons. The molecule has 3 nitrogen and oxygen atoms in total. The topological polar surface area (TPSA) is 47.3 Å². The number of rotatable bonds is 5. The predicted octanol–water partition coefficient (Wildman–Crippen LogP) is 1.91. The van der Waals surface area contributed by atoms with Gasteiger partial charge in [-0.05, 0) is 38.6 Å². The average molecular weight is 228 g/mol.